The average molecular weight is 816 g/mol. The number of pyridine rings is 1. The van der Waals surface area contributed by atoms with Crippen molar-refractivity contribution in [1.82, 2.24) is 25.2 Å². The van der Waals surface area contributed by atoms with Crippen molar-refractivity contribution in [3.05, 3.63) is 60.4 Å². The highest BCUT2D eigenvalue weighted by Gasteiger charge is 2.62. The largest absolute Gasteiger partial charge is 0.484 e. The fraction of sp³-hybridized carbons (Fsp3) is 0.500. The predicted octanol–water partition coefficient (Wildman–Crippen LogP) is 5.66. The molecule has 0 radical (unpaired) electrons. The average Bonchev–Trinajstić information content (AvgIpc) is 4.01. The van der Waals surface area contributed by atoms with E-state index in [-0.39, 0.29) is 36.7 Å². The number of ether oxygens (including phenoxy) is 2. The van der Waals surface area contributed by atoms with Crippen LogP contribution in [0.5, 0.6) is 5.75 Å². The molecule has 9 rings (SSSR count). The molecule has 2 aromatic heterocycles. The Morgan fingerprint density at radius 3 is 2.57 bits per heavy atom. The van der Waals surface area contributed by atoms with Crippen LogP contribution in [0.25, 0.3) is 33.0 Å². The van der Waals surface area contributed by atoms with Crippen LogP contribution >= 0.6 is 0 Å². The quantitative estimate of drug-likeness (QED) is 0.197. The molecule has 3 N–H and O–H groups in total. The molecule has 58 heavy (non-hydrogen) atoms. The van der Waals surface area contributed by atoms with Crippen molar-refractivity contribution in [3.8, 4) is 5.75 Å². The number of carbonyl (C=O) groups excluding carboxylic acids is 4. The predicted molar refractivity (Wildman–Crippen MR) is 210 cm³/mol. The molecule has 4 aromatic rings. The molecule has 1 saturated heterocycles. The van der Waals surface area contributed by atoms with E-state index < -0.39 is 74.5 Å². The first kappa shape index (κ1) is 38.3. The Bertz CT molecular complexity index is 2440. The van der Waals surface area contributed by atoms with Gasteiger partial charge in [-0.2, -0.15) is 0 Å². The number of alkyl carbamates (subject to hydrolysis) is 1. The van der Waals surface area contributed by atoms with Gasteiger partial charge in [0.15, 0.2) is 11.3 Å². The van der Waals surface area contributed by atoms with Gasteiger partial charge in [-0.1, -0.05) is 37.1 Å². The third-order valence-electron chi connectivity index (χ3n) is 12.2. The zero-order valence-corrected chi connectivity index (χ0v) is 32.7. The van der Waals surface area contributed by atoms with E-state index in [1.807, 2.05) is 36.4 Å². The minimum Gasteiger partial charge on any atom is -0.484 e. The number of fused-ring (bicyclic) bond motifs is 6. The topological polar surface area (TPSA) is 186 Å². The van der Waals surface area contributed by atoms with Gasteiger partial charge in [0.1, 0.15) is 46.7 Å². The Balaban J connectivity index is 1.06. The van der Waals surface area contributed by atoms with Crippen LogP contribution in [-0.4, -0.2) is 83.7 Å². The SMILES string of the molecule is O=C(N[C@H]1CCCCC/C=C\[C@@H]2C[C@@]2(C(=O)NS(=O)(=O)C2CC2)NC(=O)[C@@H]2C[C@@H](Oc3c4ccccc4nc4c3oc3cc(F)ccc34)CN2C1=O)OC1CCCC1. The van der Waals surface area contributed by atoms with E-state index in [0.29, 0.717) is 59.7 Å². The molecule has 16 heteroatoms. The molecule has 3 saturated carbocycles. The number of para-hydroxylation sites is 1. The molecule has 2 aromatic carbocycles. The summed E-state index contributed by atoms with van der Waals surface area (Å²) in [6.07, 6.45) is 9.72. The molecule has 4 heterocycles. The normalized spacial score (nSPS) is 27.6. The number of sulfonamides is 1. The number of nitrogens with zero attached hydrogens (tertiary/aromatic N) is 2. The smallest absolute Gasteiger partial charge is 0.408 e. The number of halogens is 1. The van der Waals surface area contributed by atoms with Gasteiger partial charge in [0.2, 0.25) is 21.8 Å². The Morgan fingerprint density at radius 1 is 0.966 bits per heavy atom. The number of hydrogen-bond acceptors (Lipinski definition) is 10. The van der Waals surface area contributed by atoms with Gasteiger partial charge in [0.25, 0.3) is 5.91 Å². The standard InChI is InChI=1S/C42H46FN5O9S/c43-25-16-19-30-34(20-25)57-37-35(30)44-31-14-9-8-13-29(31)36(37)55-27-21-33-38(49)46-42(40(51)47-58(53,54)28-17-18-28)22-24(42)10-4-2-1-3-5-15-32(39(50)48(33)23-27)45-41(52)56-26-11-6-7-12-26/h4,8-10,13-14,16,19-20,24,26-28,32-33H,1-3,5-7,11-12,15,17-18,21-23H2,(H,45,52)(H,46,49)(H,47,51)/b10-4-/t24-,27-,32+,33+,42-/m1/s1. The molecular weight excluding hydrogens is 770 g/mol. The van der Waals surface area contributed by atoms with Crippen molar-refractivity contribution in [1.29, 1.82) is 0 Å². The van der Waals surface area contributed by atoms with E-state index in [1.165, 1.54) is 17.0 Å². The van der Waals surface area contributed by atoms with Crippen molar-refractivity contribution in [2.45, 2.75) is 119 Å². The molecule has 3 aliphatic carbocycles. The van der Waals surface area contributed by atoms with Gasteiger partial charge in [-0.05, 0) is 88.5 Å². The van der Waals surface area contributed by atoms with E-state index in [9.17, 15) is 32.0 Å². The van der Waals surface area contributed by atoms with E-state index >= 15 is 0 Å². The molecule has 2 aliphatic heterocycles. The van der Waals surface area contributed by atoms with Crippen molar-refractivity contribution < 1.29 is 45.9 Å². The second-order valence-electron chi connectivity index (χ2n) is 16.4. The van der Waals surface area contributed by atoms with Crippen LogP contribution in [0.15, 0.2) is 59.0 Å². The van der Waals surface area contributed by atoms with Gasteiger partial charge < -0.3 is 29.4 Å². The fourth-order valence-electron chi connectivity index (χ4n) is 8.79. The first-order valence-electron chi connectivity index (χ1n) is 20.4. The van der Waals surface area contributed by atoms with Crippen molar-refractivity contribution in [2.24, 2.45) is 5.92 Å². The summed E-state index contributed by atoms with van der Waals surface area (Å²) >= 11 is 0. The maximum absolute atomic E-state index is 14.7. The first-order chi connectivity index (χ1) is 28.0. The van der Waals surface area contributed by atoms with Gasteiger partial charge in [-0.3, -0.25) is 19.1 Å². The number of amides is 4. The van der Waals surface area contributed by atoms with Gasteiger partial charge in [-0.15, -0.1) is 0 Å². The summed E-state index contributed by atoms with van der Waals surface area (Å²) in [4.78, 5) is 62.5. The summed E-state index contributed by atoms with van der Waals surface area (Å²) in [5.74, 6) is -2.60. The highest BCUT2D eigenvalue weighted by Crippen LogP contribution is 2.46. The Labute approximate surface area is 334 Å². The number of aromatic nitrogens is 1. The molecule has 0 bridgehead atoms. The Hall–Kier alpha value is -5.25. The van der Waals surface area contributed by atoms with Crippen molar-refractivity contribution in [2.75, 3.05) is 6.54 Å². The van der Waals surface area contributed by atoms with Crippen LogP contribution in [-0.2, 0) is 29.1 Å². The van der Waals surface area contributed by atoms with Crippen LogP contribution < -0.4 is 20.1 Å². The van der Waals surface area contributed by atoms with E-state index in [0.717, 1.165) is 38.5 Å². The molecule has 4 amide bonds. The molecule has 4 fully saturated rings. The minimum atomic E-state index is -3.92. The number of carbonyl (C=O) groups is 4. The monoisotopic (exact) mass is 815 g/mol. The molecule has 5 atom stereocenters. The number of furan rings is 1. The third-order valence-corrected chi connectivity index (χ3v) is 14.0. The second-order valence-corrected chi connectivity index (χ2v) is 18.3. The van der Waals surface area contributed by atoms with Crippen molar-refractivity contribution >= 4 is 66.8 Å². The van der Waals surface area contributed by atoms with Gasteiger partial charge in [-0.25, -0.2) is 22.6 Å². The maximum atomic E-state index is 14.7. The molecule has 306 valence electrons. The second kappa shape index (κ2) is 15.2. The molecule has 14 nitrogen and oxygen atoms in total. The maximum Gasteiger partial charge on any atom is 0.408 e. The number of hydrogen-bond donors (Lipinski definition) is 3. The summed E-state index contributed by atoms with van der Waals surface area (Å²) in [5.41, 5.74) is 0.0511. The number of nitrogens with one attached hydrogen (secondary N) is 3. The number of benzene rings is 2. The molecule has 0 spiro atoms. The lowest BCUT2D eigenvalue weighted by Crippen LogP contribution is -2.58. The Morgan fingerprint density at radius 2 is 1.76 bits per heavy atom. The molecular formula is C42H46FN5O9S. The van der Waals surface area contributed by atoms with Crippen molar-refractivity contribution in [3.63, 3.8) is 0 Å². The molecule has 0 unspecified atom stereocenters. The first-order valence-corrected chi connectivity index (χ1v) is 21.9. The lowest BCUT2D eigenvalue weighted by Gasteiger charge is -2.30. The zero-order chi connectivity index (χ0) is 40.2. The van der Waals surface area contributed by atoms with Crippen LogP contribution in [0.2, 0.25) is 0 Å². The highest BCUT2D eigenvalue weighted by atomic mass is 32.2. The van der Waals surface area contributed by atoms with Crippen LogP contribution in [0.1, 0.15) is 83.5 Å². The van der Waals surface area contributed by atoms with Crippen LogP contribution in [0.4, 0.5) is 9.18 Å². The summed E-state index contributed by atoms with van der Waals surface area (Å²) < 4.78 is 61.0. The van der Waals surface area contributed by atoms with E-state index in [1.54, 1.807) is 6.07 Å². The van der Waals surface area contributed by atoms with Gasteiger partial charge in [0, 0.05) is 29.2 Å². The van der Waals surface area contributed by atoms with Crippen LogP contribution in [0.3, 0.4) is 0 Å². The minimum absolute atomic E-state index is 0.0115. The van der Waals surface area contributed by atoms with Crippen LogP contribution in [0, 0.1) is 11.7 Å². The summed E-state index contributed by atoms with van der Waals surface area (Å²) in [7, 11) is -3.92. The summed E-state index contributed by atoms with van der Waals surface area (Å²) in [6.45, 7) is -0.0711. The third kappa shape index (κ3) is 7.46. The lowest BCUT2D eigenvalue weighted by atomic mass is 10.0. The zero-order valence-electron chi connectivity index (χ0n) is 31.9. The van der Waals surface area contributed by atoms with Gasteiger partial charge >= 0.3 is 6.09 Å². The van der Waals surface area contributed by atoms with E-state index in [2.05, 4.69) is 15.4 Å². The molecule has 5 aliphatic rings. The number of rotatable bonds is 7. The summed E-state index contributed by atoms with van der Waals surface area (Å²) in [6, 6.07) is 9.27. The Kier molecular flexibility index (Phi) is 10.0. The lowest BCUT2D eigenvalue weighted by molar-refractivity contribution is -0.141. The summed E-state index contributed by atoms with van der Waals surface area (Å²) in [5, 5.41) is 6.23. The highest BCUT2D eigenvalue weighted by molar-refractivity contribution is 7.91. The van der Waals surface area contributed by atoms with E-state index in [4.69, 9.17) is 18.9 Å². The fourth-order valence-corrected chi connectivity index (χ4v) is 10.2. The number of allylic oxidation sites excluding steroid dienone is 1. The van der Waals surface area contributed by atoms with Gasteiger partial charge in [0.05, 0.1) is 17.3 Å².